The summed E-state index contributed by atoms with van der Waals surface area (Å²) in [7, 11) is -2.25. The van der Waals surface area contributed by atoms with Gasteiger partial charge in [-0.25, -0.2) is 8.42 Å². The summed E-state index contributed by atoms with van der Waals surface area (Å²) in [5.74, 6) is 1.02. The molecule has 11 heteroatoms. The predicted molar refractivity (Wildman–Crippen MR) is 132 cm³/mol. The van der Waals surface area contributed by atoms with E-state index in [4.69, 9.17) is 20.9 Å². The first kappa shape index (κ1) is 24.2. The smallest absolute Gasteiger partial charge is 0.261 e. The molecule has 0 aliphatic rings. The molecule has 4 aromatic rings. The zero-order chi connectivity index (χ0) is 24.8. The molecule has 0 aliphatic heterocycles. The van der Waals surface area contributed by atoms with Crippen LogP contribution in [0.4, 0.5) is 11.4 Å². The number of aromatic nitrogens is 2. The number of hydrogen-bond donors (Lipinski definition) is 2. The zero-order valence-corrected chi connectivity index (χ0v) is 20.1. The molecule has 0 aliphatic carbocycles. The van der Waals surface area contributed by atoms with Gasteiger partial charge in [-0.3, -0.25) is 9.52 Å². The van der Waals surface area contributed by atoms with Crippen LogP contribution >= 0.6 is 11.6 Å². The molecule has 1 aromatic heterocycles. The number of anilines is 2. The van der Waals surface area contributed by atoms with E-state index in [1.165, 1.54) is 30.3 Å². The van der Waals surface area contributed by atoms with Gasteiger partial charge in [-0.15, -0.1) is 0 Å². The average molecular weight is 513 g/mol. The second kappa shape index (κ2) is 10.6. The fourth-order valence-electron chi connectivity index (χ4n) is 3.22. The number of benzene rings is 3. The number of methoxy groups -OCH3 is 1. The third kappa shape index (κ3) is 6.17. The van der Waals surface area contributed by atoms with Gasteiger partial charge in [0.05, 0.1) is 23.3 Å². The lowest BCUT2D eigenvalue weighted by atomic mass is 10.2. The lowest BCUT2D eigenvalue weighted by Crippen LogP contribution is -2.14. The van der Waals surface area contributed by atoms with E-state index in [1.807, 2.05) is 18.2 Å². The number of halogens is 1. The van der Waals surface area contributed by atoms with Crippen molar-refractivity contribution in [3.8, 4) is 17.1 Å². The molecule has 0 radical (unpaired) electrons. The molecule has 0 spiro atoms. The summed E-state index contributed by atoms with van der Waals surface area (Å²) >= 11 is 5.90. The van der Waals surface area contributed by atoms with Crippen LogP contribution in [0, 0.1) is 0 Å². The Hall–Kier alpha value is -3.89. The van der Waals surface area contributed by atoms with Gasteiger partial charge in [-0.05, 0) is 54.6 Å². The first-order valence-corrected chi connectivity index (χ1v) is 12.3. The SMILES string of the molecule is COc1ccccc1-c1noc(CCC(=O)Nc2ccc(S(=O)(=O)Nc3cccc(Cl)c3)cc2)n1. The number of aryl methyl sites for hydroxylation is 1. The molecule has 9 nitrogen and oxygen atoms in total. The van der Waals surface area contributed by atoms with Crippen LogP contribution in [0.15, 0.2) is 82.2 Å². The van der Waals surface area contributed by atoms with Crippen molar-refractivity contribution >= 4 is 38.9 Å². The van der Waals surface area contributed by atoms with E-state index in [2.05, 4.69) is 20.2 Å². The van der Waals surface area contributed by atoms with Crippen molar-refractivity contribution in [1.82, 2.24) is 10.1 Å². The minimum Gasteiger partial charge on any atom is -0.496 e. The number of hydrogen-bond acceptors (Lipinski definition) is 7. The first-order valence-electron chi connectivity index (χ1n) is 10.5. The summed E-state index contributed by atoms with van der Waals surface area (Å²) < 4.78 is 38.2. The molecular weight excluding hydrogens is 492 g/mol. The van der Waals surface area contributed by atoms with Gasteiger partial charge in [0.1, 0.15) is 5.75 Å². The van der Waals surface area contributed by atoms with Gasteiger partial charge in [-0.2, -0.15) is 4.98 Å². The standard InChI is InChI=1S/C24H21ClN4O5S/c1-33-21-8-3-2-7-20(21)24-27-23(34-28-24)14-13-22(30)26-17-9-11-19(12-10-17)35(31,32)29-18-6-4-5-16(25)15-18/h2-12,15,29H,13-14H2,1H3,(H,26,30). The third-order valence-corrected chi connectivity index (χ3v) is 6.54. The molecule has 4 rings (SSSR count). The zero-order valence-electron chi connectivity index (χ0n) is 18.6. The van der Waals surface area contributed by atoms with Gasteiger partial charge in [0.2, 0.25) is 17.6 Å². The minimum atomic E-state index is -3.81. The van der Waals surface area contributed by atoms with Crippen molar-refractivity contribution in [2.45, 2.75) is 17.7 Å². The molecular formula is C24H21ClN4O5S. The minimum absolute atomic E-state index is 0.0465. The third-order valence-electron chi connectivity index (χ3n) is 4.91. The Morgan fingerprint density at radius 1 is 1.03 bits per heavy atom. The summed E-state index contributed by atoms with van der Waals surface area (Å²) in [5.41, 5.74) is 1.50. The van der Waals surface area contributed by atoms with E-state index < -0.39 is 10.0 Å². The van der Waals surface area contributed by atoms with Gasteiger partial charge >= 0.3 is 0 Å². The van der Waals surface area contributed by atoms with Gasteiger partial charge in [0, 0.05) is 23.6 Å². The topological polar surface area (TPSA) is 123 Å². The van der Waals surface area contributed by atoms with Crippen molar-refractivity contribution in [2.24, 2.45) is 0 Å². The Balaban J connectivity index is 1.33. The molecule has 0 fully saturated rings. The average Bonchev–Trinajstić information content (AvgIpc) is 3.32. The van der Waals surface area contributed by atoms with E-state index in [9.17, 15) is 13.2 Å². The van der Waals surface area contributed by atoms with Gasteiger partial charge in [0.25, 0.3) is 10.0 Å². The van der Waals surface area contributed by atoms with Crippen LogP contribution in [-0.2, 0) is 21.2 Å². The fraction of sp³-hybridized carbons (Fsp3) is 0.125. The fourth-order valence-corrected chi connectivity index (χ4v) is 4.46. The van der Waals surface area contributed by atoms with Crippen molar-refractivity contribution in [3.05, 3.63) is 83.7 Å². The van der Waals surface area contributed by atoms with E-state index >= 15 is 0 Å². The first-order chi connectivity index (χ1) is 16.8. The summed E-state index contributed by atoms with van der Waals surface area (Å²) in [4.78, 5) is 16.7. The van der Waals surface area contributed by atoms with Crippen LogP contribution in [0.3, 0.4) is 0 Å². The maximum Gasteiger partial charge on any atom is 0.261 e. The summed E-state index contributed by atoms with van der Waals surface area (Å²) in [6.45, 7) is 0. The molecule has 1 heterocycles. The van der Waals surface area contributed by atoms with Crippen molar-refractivity contribution in [2.75, 3.05) is 17.1 Å². The highest BCUT2D eigenvalue weighted by Crippen LogP contribution is 2.27. The molecule has 180 valence electrons. The second-order valence-corrected chi connectivity index (χ2v) is 9.52. The maximum absolute atomic E-state index is 12.6. The van der Waals surface area contributed by atoms with Crippen LogP contribution < -0.4 is 14.8 Å². The van der Waals surface area contributed by atoms with E-state index in [-0.39, 0.29) is 23.6 Å². The molecule has 35 heavy (non-hydrogen) atoms. The number of nitrogens with one attached hydrogen (secondary N) is 2. The van der Waals surface area contributed by atoms with Crippen LogP contribution in [0.1, 0.15) is 12.3 Å². The van der Waals surface area contributed by atoms with E-state index in [0.717, 1.165) is 0 Å². The summed E-state index contributed by atoms with van der Waals surface area (Å²) in [5, 5.41) is 7.10. The Labute approximate surface area is 207 Å². The largest absolute Gasteiger partial charge is 0.496 e. The normalized spacial score (nSPS) is 11.1. The number of carbonyl (C=O) groups excluding carboxylic acids is 1. The Bertz CT molecular complexity index is 1440. The molecule has 0 saturated heterocycles. The van der Waals surface area contributed by atoms with Crippen molar-refractivity contribution < 1.29 is 22.5 Å². The number of para-hydroxylation sites is 1. The molecule has 0 saturated carbocycles. The van der Waals surface area contributed by atoms with E-state index in [1.54, 1.807) is 31.4 Å². The van der Waals surface area contributed by atoms with Crippen molar-refractivity contribution in [1.29, 1.82) is 0 Å². The lowest BCUT2D eigenvalue weighted by Gasteiger charge is -2.09. The number of amides is 1. The van der Waals surface area contributed by atoms with Crippen LogP contribution in [0.2, 0.25) is 5.02 Å². The number of nitrogens with zero attached hydrogens (tertiary/aromatic N) is 2. The van der Waals surface area contributed by atoms with Gasteiger partial charge < -0.3 is 14.6 Å². The van der Waals surface area contributed by atoms with Gasteiger partial charge in [0.15, 0.2) is 0 Å². The van der Waals surface area contributed by atoms with Gasteiger partial charge in [-0.1, -0.05) is 35.0 Å². The summed E-state index contributed by atoms with van der Waals surface area (Å²) in [6, 6.07) is 19.5. The number of ether oxygens (including phenoxy) is 1. The van der Waals surface area contributed by atoms with Crippen LogP contribution in [0.5, 0.6) is 5.75 Å². The van der Waals surface area contributed by atoms with E-state index in [0.29, 0.717) is 39.4 Å². The molecule has 3 aromatic carbocycles. The highest BCUT2D eigenvalue weighted by molar-refractivity contribution is 7.92. The Kier molecular flexibility index (Phi) is 7.33. The molecule has 1 amide bonds. The highest BCUT2D eigenvalue weighted by atomic mass is 35.5. The highest BCUT2D eigenvalue weighted by Gasteiger charge is 2.16. The molecule has 0 atom stereocenters. The molecule has 0 unspecified atom stereocenters. The second-order valence-electron chi connectivity index (χ2n) is 7.40. The van der Waals surface area contributed by atoms with Crippen LogP contribution in [0.25, 0.3) is 11.4 Å². The Morgan fingerprint density at radius 3 is 2.54 bits per heavy atom. The number of carbonyl (C=O) groups is 1. The lowest BCUT2D eigenvalue weighted by molar-refractivity contribution is -0.116. The monoisotopic (exact) mass is 512 g/mol. The molecule has 2 N–H and O–H groups in total. The summed E-state index contributed by atoms with van der Waals surface area (Å²) in [6.07, 6.45) is 0.341. The number of sulfonamides is 1. The maximum atomic E-state index is 12.6. The quantitative estimate of drug-likeness (QED) is 0.331. The predicted octanol–water partition coefficient (Wildman–Crippen LogP) is 4.77. The molecule has 0 bridgehead atoms. The van der Waals surface area contributed by atoms with Crippen molar-refractivity contribution in [3.63, 3.8) is 0 Å². The number of rotatable bonds is 9. The Morgan fingerprint density at radius 2 is 1.80 bits per heavy atom. The van der Waals surface area contributed by atoms with Crippen LogP contribution in [-0.4, -0.2) is 31.6 Å².